The minimum atomic E-state index is -0.290. The summed E-state index contributed by atoms with van der Waals surface area (Å²) in [4.78, 5) is 0. The summed E-state index contributed by atoms with van der Waals surface area (Å²) in [5, 5.41) is 0. The third-order valence-corrected chi connectivity index (χ3v) is 2.11. The Morgan fingerprint density at radius 2 is 2.07 bits per heavy atom. The number of nitrogens with two attached hydrogens (primary N) is 1. The van der Waals surface area contributed by atoms with Gasteiger partial charge < -0.3 is 10.2 Å². The van der Waals surface area contributed by atoms with Crippen LogP contribution in [0.1, 0.15) is 5.56 Å². The van der Waals surface area contributed by atoms with E-state index in [1.54, 1.807) is 30.5 Å². The second-order valence-corrected chi connectivity index (χ2v) is 2.95. The van der Waals surface area contributed by atoms with Crippen molar-refractivity contribution in [2.24, 2.45) is 5.73 Å². The molecule has 0 saturated heterocycles. The molecule has 2 nitrogen and oxygen atoms in total. The third-order valence-electron chi connectivity index (χ3n) is 2.11. The summed E-state index contributed by atoms with van der Waals surface area (Å²) < 4.78 is 18.5. The summed E-state index contributed by atoms with van der Waals surface area (Å²) in [6.45, 7) is 0.169. The molecule has 14 heavy (non-hydrogen) atoms. The first-order valence-corrected chi connectivity index (χ1v) is 4.34. The number of furan rings is 1. The number of rotatable bonds is 2. The van der Waals surface area contributed by atoms with Crippen molar-refractivity contribution < 1.29 is 8.81 Å². The second-order valence-electron chi connectivity index (χ2n) is 2.95. The number of hydrogen-bond donors (Lipinski definition) is 1. The molecular formula is C11H10FNO. The molecule has 0 spiro atoms. The van der Waals surface area contributed by atoms with E-state index in [9.17, 15) is 4.39 Å². The Morgan fingerprint density at radius 1 is 1.21 bits per heavy atom. The van der Waals surface area contributed by atoms with Crippen molar-refractivity contribution in [1.82, 2.24) is 0 Å². The lowest BCUT2D eigenvalue weighted by molar-refractivity contribution is 0.576. The van der Waals surface area contributed by atoms with Crippen molar-refractivity contribution in [3.05, 3.63) is 48.0 Å². The highest BCUT2D eigenvalue weighted by molar-refractivity contribution is 5.62. The minimum Gasteiger partial charge on any atom is -0.464 e. The fourth-order valence-electron chi connectivity index (χ4n) is 1.43. The molecule has 0 bridgehead atoms. The van der Waals surface area contributed by atoms with E-state index in [1.807, 2.05) is 0 Å². The van der Waals surface area contributed by atoms with E-state index < -0.39 is 0 Å². The maximum Gasteiger partial charge on any atom is 0.134 e. The Bertz CT molecular complexity index is 423. The molecule has 2 N–H and O–H groups in total. The summed E-state index contributed by atoms with van der Waals surface area (Å²) >= 11 is 0. The zero-order valence-corrected chi connectivity index (χ0v) is 7.53. The number of hydrogen-bond acceptors (Lipinski definition) is 2. The van der Waals surface area contributed by atoms with Gasteiger partial charge in [-0.3, -0.25) is 0 Å². The Hall–Kier alpha value is -1.61. The molecule has 0 aliphatic carbocycles. The van der Waals surface area contributed by atoms with Crippen molar-refractivity contribution in [1.29, 1.82) is 0 Å². The maximum atomic E-state index is 13.3. The Labute approximate surface area is 81.2 Å². The van der Waals surface area contributed by atoms with Crippen LogP contribution in [0.25, 0.3) is 11.3 Å². The topological polar surface area (TPSA) is 39.2 Å². The molecule has 0 saturated carbocycles. The third kappa shape index (κ3) is 1.42. The van der Waals surface area contributed by atoms with Gasteiger partial charge in [-0.1, -0.05) is 12.1 Å². The van der Waals surface area contributed by atoms with E-state index in [1.165, 1.54) is 6.07 Å². The maximum absolute atomic E-state index is 13.3. The molecular weight excluding hydrogens is 181 g/mol. The van der Waals surface area contributed by atoms with Gasteiger partial charge in [0.05, 0.1) is 6.26 Å². The largest absolute Gasteiger partial charge is 0.464 e. The van der Waals surface area contributed by atoms with E-state index in [0.29, 0.717) is 11.3 Å². The lowest BCUT2D eigenvalue weighted by Gasteiger charge is -2.05. The summed E-state index contributed by atoms with van der Waals surface area (Å²) in [5.41, 5.74) is 6.68. The van der Waals surface area contributed by atoms with Gasteiger partial charge in [0.25, 0.3) is 0 Å². The molecule has 0 radical (unpaired) electrons. The highest BCUT2D eigenvalue weighted by Crippen LogP contribution is 2.25. The lowest BCUT2D eigenvalue weighted by atomic mass is 10.1. The Balaban J connectivity index is 2.58. The summed E-state index contributed by atoms with van der Waals surface area (Å²) in [6, 6.07) is 8.39. The molecule has 2 rings (SSSR count). The van der Waals surface area contributed by atoms with Gasteiger partial charge >= 0.3 is 0 Å². The van der Waals surface area contributed by atoms with Crippen molar-refractivity contribution >= 4 is 0 Å². The summed E-state index contributed by atoms with van der Waals surface area (Å²) in [5.74, 6) is 0.353. The van der Waals surface area contributed by atoms with Crippen LogP contribution in [0.4, 0.5) is 4.39 Å². The quantitative estimate of drug-likeness (QED) is 0.792. The number of halogens is 1. The molecule has 0 aliphatic heterocycles. The van der Waals surface area contributed by atoms with E-state index in [-0.39, 0.29) is 12.4 Å². The molecule has 0 amide bonds. The highest BCUT2D eigenvalue weighted by Gasteiger charge is 2.09. The van der Waals surface area contributed by atoms with Crippen molar-refractivity contribution in [3.63, 3.8) is 0 Å². The fraction of sp³-hybridized carbons (Fsp3) is 0.0909. The van der Waals surface area contributed by atoms with E-state index in [4.69, 9.17) is 10.2 Å². The zero-order chi connectivity index (χ0) is 9.97. The minimum absolute atomic E-state index is 0.169. The van der Waals surface area contributed by atoms with Crippen molar-refractivity contribution in [2.75, 3.05) is 0 Å². The van der Waals surface area contributed by atoms with Crippen LogP contribution in [0.2, 0.25) is 0 Å². The first kappa shape index (κ1) is 8.97. The molecule has 0 aliphatic rings. The highest BCUT2D eigenvalue weighted by atomic mass is 19.1. The van der Waals surface area contributed by atoms with Crippen LogP contribution >= 0.6 is 0 Å². The first-order chi connectivity index (χ1) is 6.83. The van der Waals surface area contributed by atoms with Gasteiger partial charge in [0.15, 0.2) is 0 Å². The second kappa shape index (κ2) is 3.64. The van der Waals surface area contributed by atoms with Gasteiger partial charge in [-0.25, -0.2) is 4.39 Å². The van der Waals surface area contributed by atoms with Crippen LogP contribution < -0.4 is 5.73 Å². The van der Waals surface area contributed by atoms with Gasteiger partial charge in [0.2, 0.25) is 0 Å². The predicted octanol–water partition coefficient (Wildman–Crippen LogP) is 2.54. The predicted molar refractivity (Wildman–Crippen MR) is 52.0 cm³/mol. The van der Waals surface area contributed by atoms with E-state index in [0.717, 1.165) is 5.56 Å². The molecule has 1 heterocycles. The van der Waals surface area contributed by atoms with Crippen LogP contribution in [-0.2, 0) is 6.54 Å². The lowest BCUT2D eigenvalue weighted by Crippen LogP contribution is -2.01. The number of benzene rings is 1. The molecule has 2 aromatic rings. The van der Waals surface area contributed by atoms with Gasteiger partial charge in [-0.2, -0.15) is 0 Å². The van der Waals surface area contributed by atoms with E-state index in [2.05, 4.69) is 0 Å². The van der Waals surface area contributed by atoms with Gasteiger partial charge in [-0.15, -0.1) is 0 Å². The van der Waals surface area contributed by atoms with Crippen LogP contribution in [0, 0.1) is 5.82 Å². The molecule has 72 valence electrons. The van der Waals surface area contributed by atoms with Crippen LogP contribution in [0.15, 0.2) is 41.0 Å². The normalized spacial score (nSPS) is 10.4. The molecule has 1 aromatic carbocycles. The molecule has 0 fully saturated rings. The zero-order valence-electron chi connectivity index (χ0n) is 7.53. The Kier molecular flexibility index (Phi) is 2.33. The Morgan fingerprint density at radius 3 is 2.71 bits per heavy atom. The average Bonchev–Trinajstić information content (AvgIpc) is 2.70. The molecule has 0 atom stereocenters. The molecule has 3 heteroatoms. The summed E-state index contributed by atoms with van der Waals surface area (Å²) in [6.07, 6.45) is 1.56. The smallest absolute Gasteiger partial charge is 0.134 e. The van der Waals surface area contributed by atoms with Crippen LogP contribution in [0.3, 0.4) is 0 Å². The molecule has 0 unspecified atom stereocenters. The standard InChI is InChI=1S/C11H10FNO/c12-10-4-1-3-8(9(10)7-13)11-5-2-6-14-11/h1-6H,7,13H2. The van der Waals surface area contributed by atoms with Gasteiger partial charge in [-0.05, 0) is 18.2 Å². The van der Waals surface area contributed by atoms with E-state index >= 15 is 0 Å². The van der Waals surface area contributed by atoms with Crippen LogP contribution in [-0.4, -0.2) is 0 Å². The summed E-state index contributed by atoms with van der Waals surface area (Å²) in [7, 11) is 0. The fourth-order valence-corrected chi connectivity index (χ4v) is 1.43. The van der Waals surface area contributed by atoms with Gasteiger partial charge in [0, 0.05) is 17.7 Å². The molecule has 1 aromatic heterocycles. The monoisotopic (exact) mass is 191 g/mol. The average molecular weight is 191 g/mol. The van der Waals surface area contributed by atoms with Crippen LogP contribution in [0.5, 0.6) is 0 Å². The van der Waals surface area contributed by atoms with Crippen molar-refractivity contribution in [3.8, 4) is 11.3 Å². The van der Waals surface area contributed by atoms with Gasteiger partial charge in [0.1, 0.15) is 11.6 Å². The SMILES string of the molecule is NCc1c(F)cccc1-c1ccco1. The van der Waals surface area contributed by atoms with Crippen molar-refractivity contribution in [2.45, 2.75) is 6.54 Å². The first-order valence-electron chi connectivity index (χ1n) is 4.34.